The lowest BCUT2D eigenvalue weighted by Crippen LogP contribution is -3.06. The van der Waals surface area contributed by atoms with E-state index in [4.69, 9.17) is 0 Å². The van der Waals surface area contributed by atoms with Crippen LogP contribution in [0.1, 0.15) is 23.4 Å². The summed E-state index contributed by atoms with van der Waals surface area (Å²) >= 11 is 1.76. The summed E-state index contributed by atoms with van der Waals surface area (Å²) in [7, 11) is 4.25. The minimum Gasteiger partial charge on any atom is -0.338 e. The Morgan fingerprint density at radius 3 is 2.47 bits per heavy atom. The summed E-state index contributed by atoms with van der Waals surface area (Å²) in [6, 6.07) is 8.54. The van der Waals surface area contributed by atoms with Crippen molar-refractivity contribution in [2.45, 2.75) is 24.5 Å². The lowest BCUT2D eigenvalue weighted by molar-refractivity contribution is -0.857. The standard InChI is InChI=1S/C15H22N2OS/c1-11-5-7-13(8-6-11)15-17(10-9-16(3)4)14(18)12(2)19-15/h5-8,12,15H,9-10H2,1-4H3/p+1/t12-,15+/m1/s1. The predicted octanol–water partition coefficient (Wildman–Crippen LogP) is 1.10. The molecule has 1 aliphatic rings. The fourth-order valence-corrected chi connectivity index (χ4v) is 3.54. The van der Waals surface area contributed by atoms with Crippen molar-refractivity contribution in [3.05, 3.63) is 35.4 Å². The number of quaternary nitrogens is 1. The quantitative estimate of drug-likeness (QED) is 0.893. The molecule has 0 aliphatic carbocycles. The Labute approximate surface area is 120 Å². The number of hydrogen-bond acceptors (Lipinski definition) is 2. The molecule has 2 rings (SSSR count). The van der Waals surface area contributed by atoms with Gasteiger partial charge in [-0.3, -0.25) is 4.79 Å². The largest absolute Gasteiger partial charge is 0.338 e. The zero-order valence-electron chi connectivity index (χ0n) is 12.1. The number of carbonyl (C=O) groups is 1. The third-order valence-electron chi connectivity index (χ3n) is 3.46. The number of nitrogens with zero attached hydrogens (tertiary/aromatic N) is 1. The molecule has 4 heteroatoms. The van der Waals surface area contributed by atoms with Gasteiger partial charge < -0.3 is 9.80 Å². The molecule has 0 saturated carbocycles. The molecule has 104 valence electrons. The molecule has 1 aromatic rings. The Morgan fingerprint density at radius 2 is 1.89 bits per heavy atom. The first-order valence-corrected chi connectivity index (χ1v) is 7.75. The first kappa shape index (κ1) is 14.4. The number of likely N-dealkylation sites (N-methyl/N-ethyl adjacent to an activating group) is 1. The second-order valence-electron chi connectivity index (χ2n) is 5.53. The van der Waals surface area contributed by atoms with Gasteiger partial charge in [0.1, 0.15) is 5.37 Å². The van der Waals surface area contributed by atoms with Crippen LogP contribution in [-0.2, 0) is 4.79 Å². The first-order valence-electron chi connectivity index (χ1n) is 6.80. The molecular weight excluding hydrogens is 256 g/mol. The second-order valence-corrected chi connectivity index (χ2v) is 6.96. The second kappa shape index (κ2) is 5.97. The number of benzene rings is 1. The summed E-state index contributed by atoms with van der Waals surface area (Å²) in [5.41, 5.74) is 2.50. The monoisotopic (exact) mass is 279 g/mol. The van der Waals surface area contributed by atoms with Crippen LogP contribution in [0.15, 0.2) is 24.3 Å². The molecule has 0 bridgehead atoms. The fraction of sp³-hybridized carbons (Fsp3) is 0.533. The number of thioether (sulfide) groups is 1. The number of rotatable bonds is 4. The molecule has 0 radical (unpaired) electrons. The van der Waals surface area contributed by atoms with Gasteiger partial charge in [0, 0.05) is 0 Å². The molecule has 1 amide bonds. The molecular formula is C15H23N2OS+. The molecule has 1 aliphatic heterocycles. The molecule has 19 heavy (non-hydrogen) atoms. The van der Waals surface area contributed by atoms with E-state index in [1.54, 1.807) is 11.8 Å². The van der Waals surface area contributed by atoms with Gasteiger partial charge in [-0.15, -0.1) is 11.8 Å². The van der Waals surface area contributed by atoms with Crippen molar-refractivity contribution in [2.75, 3.05) is 27.2 Å². The number of amides is 1. The molecule has 1 heterocycles. The highest BCUT2D eigenvalue weighted by Gasteiger charge is 2.38. The van der Waals surface area contributed by atoms with E-state index in [9.17, 15) is 4.79 Å². The Balaban J connectivity index is 2.17. The molecule has 1 N–H and O–H groups in total. The van der Waals surface area contributed by atoms with Crippen molar-refractivity contribution >= 4 is 17.7 Å². The van der Waals surface area contributed by atoms with Gasteiger partial charge in [-0.25, -0.2) is 0 Å². The van der Waals surface area contributed by atoms with Gasteiger partial charge in [-0.2, -0.15) is 0 Å². The summed E-state index contributed by atoms with van der Waals surface area (Å²) in [4.78, 5) is 15.7. The number of aryl methyl sites for hydroxylation is 1. The van der Waals surface area contributed by atoms with E-state index in [-0.39, 0.29) is 16.5 Å². The van der Waals surface area contributed by atoms with Crippen LogP contribution in [0.25, 0.3) is 0 Å². The third-order valence-corrected chi connectivity index (χ3v) is 4.86. The van der Waals surface area contributed by atoms with Gasteiger partial charge in [0.25, 0.3) is 0 Å². The van der Waals surface area contributed by atoms with E-state index in [1.165, 1.54) is 16.0 Å². The maximum absolute atomic E-state index is 12.3. The maximum Gasteiger partial charge on any atom is 0.236 e. The Morgan fingerprint density at radius 1 is 1.26 bits per heavy atom. The summed E-state index contributed by atoms with van der Waals surface area (Å²) in [6.07, 6.45) is 0. The fourth-order valence-electron chi connectivity index (χ4n) is 2.24. The smallest absolute Gasteiger partial charge is 0.236 e. The Kier molecular flexibility index (Phi) is 4.53. The van der Waals surface area contributed by atoms with Crippen molar-refractivity contribution in [3.8, 4) is 0 Å². The van der Waals surface area contributed by atoms with Crippen LogP contribution < -0.4 is 4.90 Å². The number of carbonyl (C=O) groups excluding carboxylic acids is 1. The average Bonchev–Trinajstić information content (AvgIpc) is 2.64. The SMILES string of the molecule is Cc1ccc([C@@H]2S[C@H](C)C(=O)N2CC[NH+](C)C)cc1. The molecule has 2 atom stereocenters. The molecule has 0 spiro atoms. The Hall–Kier alpha value is -1.00. The summed E-state index contributed by atoms with van der Waals surface area (Å²) < 4.78 is 0. The van der Waals surface area contributed by atoms with Crippen molar-refractivity contribution in [1.29, 1.82) is 0 Å². The van der Waals surface area contributed by atoms with E-state index < -0.39 is 0 Å². The van der Waals surface area contributed by atoms with E-state index >= 15 is 0 Å². The minimum absolute atomic E-state index is 0.0727. The van der Waals surface area contributed by atoms with Crippen LogP contribution in [0.2, 0.25) is 0 Å². The number of hydrogen-bond donors (Lipinski definition) is 1. The van der Waals surface area contributed by atoms with Crippen LogP contribution >= 0.6 is 11.8 Å². The van der Waals surface area contributed by atoms with Gasteiger partial charge in [-0.1, -0.05) is 29.8 Å². The minimum atomic E-state index is 0.0727. The van der Waals surface area contributed by atoms with Crippen molar-refractivity contribution < 1.29 is 9.69 Å². The van der Waals surface area contributed by atoms with Gasteiger partial charge in [0.05, 0.1) is 32.4 Å². The highest BCUT2D eigenvalue weighted by molar-refractivity contribution is 8.01. The predicted molar refractivity (Wildman–Crippen MR) is 80.4 cm³/mol. The van der Waals surface area contributed by atoms with E-state index in [0.29, 0.717) is 0 Å². The zero-order chi connectivity index (χ0) is 14.0. The number of nitrogens with one attached hydrogen (secondary N) is 1. The van der Waals surface area contributed by atoms with E-state index in [1.807, 2.05) is 11.8 Å². The van der Waals surface area contributed by atoms with Gasteiger partial charge in [0.15, 0.2) is 0 Å². The maximum atomic E-state index is 12.3. The van der Waals surface area contributed by atoms with Gasteiger partial charge in [-0.05, 0) is 19.4 Å². The van der Waals surface area contributed by atoms with Crippen molar-refractivity contribution in [2.24, 2.45) is 0 Å². The average molecular weight is 279 g/mol. The molecule has 1 saturated heterocycles. The van der Waals surface area contributed by atoms with E-state index in [0.717, 1.165) is 13.1 Å². The molecule has 1 aromatic carbocycles. The summed E-state index contributed by atoms with van der Waals surface area (Å²) in [5.74, 6) is 0.275. The molecule has 0 aromatic heterocycles. The van der Waals surface area contributed by atoms with Crippen LogP contribution in [0.4, 0.5) is 0 Å². The van der Waals surface area contributed by atoms with Crippen molar-refractivity contribution in [1.82, 2.24) is 4.90 Å². The molecule has 0 unspecified atom stereocenters. The normalized spacial score (nSPS) is 23.4. The lowest BCUT2D eigenvalue weighted by atomic mass is 10.1. The zero-order valence-corrected chi connectivity index (χ0v) is 13.0. The molecule has 1 fully saturated rings. The third kappa shape index (κ3) is 3.31. The lowest BCUT2D eigenvalue weighted by Gasteiger charge is -2.24. The van der Waals surface area contributed by atoms with E-state index in [2.05, 4.69) is 45.3 Å². The topological polar surface area (TPSA) is 24.8 Å². The van der Waals surface area contributed by atoms with Crippen LogP contribution in [0.5, 0.6) is 0 Å². The summed E-state index contributed by atoms with van der Waals surface area (Å²) in [5, 5.41) is 0.255. The highest BCUT2D eigenvalue weighted by Crippen LogP contribution is 2.42. The van der Waals surface area contributed by atoms with Crippen LogP contribution in [0.3, 0.4) is 0 Å². The van der Waals surface area contributed by atoms with Crippen molar-refractivity contribution in [3.63, 3.8) is 0 Å². The van der Waals surface area contributed by atoms with Crippen LogP contribution in [-0.4, -0.2) is 43.2 Å². The Bertz CT molecular complexity index is 444. The molecule has 3 nitrogen and oxygen atoms in total. The van der Waals surface area contributed by atoms with Gasteiger partial charge in [0.2, 0.25) is 5.91 Å². The highest BCUT2D eigenvalue weighted by atomic mass is 32.2. The first-order chi connectivity index (χ1) is 8.99. The van der Waals surface area contributed by atoms with Crippen LogP contribution in [0, 0.1) is 6.92 Å². The summed E-state index contributed by atoms with van der Waals surface area (Å²) in [6.45, 7) is 5.92. The van der Waals surface area contributed by atoms with Gasteiger partial charge >= 0.3 is 0 Å².